The van der Waals surface area contributed by atoms with Gasteiger partial charge in [-0.3, -0.25) is 0 Å². The first kappa shape index (κ1) is 30.6. The molecule has 0 heterocycles. The minimum Gasteiger partial charge on any atom is -0.412 e. The van der Waals surface area contributed by atoms with E-state index >= 15 is 0 Å². The van der Waals surface area contributed by atoms with Crippen molar-refractivity contribution in [3.05, 3.63) is 13.8 Å². The minimum absolute atomic E-state index is 0. The van der Waals surface area contributed by atoms with E-state index < -0.39 is 0 Å². The molecule has 0 saturated heterocycles. The third-order valence-corrected chi connectivity index (χ3v) is 2.06. The van der Waals surface area contributed by atoms with Crippen molar-refractivity contribution in [2.24, 2.45) is 11.8 Å². The van der Waals surface area contributed by atoms with E-state index in [4.69, 9.17) is 0 Å². The minimum atomic E-state index is 0. The topological polar surface area (TPSA) is 63.0 Å². The maximum Gasteiger partial charge on any atom is 2.00 e. The first-order chi connectivity index (χ1) is 6.54. The molecule has 0 fully saturated rings. The summed E-state index contributed by atoms with van der Waals surface area (Å²) in [4.78, 5) is 0. The molecule has 0 radical (unpaired) electrons. The van der Waals surface area contributed by atoms with E-state index in [1.165, 1.54) is 25.7 Å². The van der Waals surface area contributed by atoms with E-state index in [9.17, 15) is 0 Å². The van der Waals surface area contributed by atoms with Gasteiger partial charge in [0.15, 0.2) is 0 Å². The van der Waals surface area contributed by atoms with Crippen LogP contribution in [0.2, 0.25) is 0 Å². The first-order valence-electron chi connectivity index (χ1n) is 6.13. The summed E-state index contributed by atoms with van der Waals surface area (Å²) >= 11 is 0. The van der Waals surface area contributed by atoms with Crippen molar-refractivity contribution < 1.29 is 32.7 Å². The van der Waals surface area contributed by atoms with Gasteiger partial charge in [-0.25, -0.2) is 0 Å². The fourth-order valence-corrected chi connectivity index (χ4v) is 1.11. The molecule has 0 aliphatic carbocycles. The maximum atomic E-state index is 3.76. The third kappa shape index (κ3) is 47.8. The predicted octanol–water partition coefficient (Wildman–Crippen LogP) is 3.64. The first-order valence-corrected chi connectivity index (χ1v) is 6.13. The molecular formula is C14H34O2Ti. The molecule has 3 heteroatoms. The van der Waals surface area contributed by atoms with Crippen LogP contribution < -0.4 is 0 Å². The van der Waals surface area contributed by atoms with Crippen LogP contribution >= 0.6 is 0 Å². The van der Waals surface area contributed by atoms with Crippen LogP contribution in [0.4, 0.5) is 0 Å². The second-order valence-corrected chi connectivity index (χ2v) is 4.78. The van der Waals surface area contributed by atoms with E-state index in [-0.39, 0.29) is 32.7 Å². The van der Waals surface area contributed by atoms with Crippen LogP contribution in [0.15, 0.2) is 0 Å². The Labute approximate surface area is 124 Å². The van der Waals surface area contributed by atoms with Crippen molar-refractivity contribution in [2.75, 3.05) is 0 Å². The zero-order valence-electron chi connectivity index (χ0n) is 12.3. The monoisotopic (exact) mass is 282 g/mol. The number of hydrogen-bond donors (Lipinski definition) is 0. The van der Waals surface area contributed by atoms with Gasteiger partial charge in [-0.1, -0.05) is 53.4 Å². The summed E-state index contributed by atoms with van der Waals surface area (Å²) in [5.74, 6) is 1.73. The molecule has 0 spiro atoms. The molecule has 17 heavy (non-hydrogen) atoms. The van der Waals surface area contributed by atoms with Crippen molar-refractivity contribution in [1.82, 2.24) is 0 Å². The maximum absolute atomic E-state index is 3.76. The van der Waals surface area contributed by atoms with Crippen molar-refractivity contribution >= 4 is 0 Å². The average molecular weight is 282 g/mol. The van der Waals surface area contributed by atoms with E-state index in [1.807, 2.05) is 0 Å². The molecule has 0 aromatic rings. The Morgan fingerprint density at radius 2 is 0.941 bits per heavy atom. The molecular weight excluding hydrogens is 248 g/mol. The Morgan fingerprint density at radius 1 is 0.706 bits per heavy atom. The molecule has 0 rings (SSSR count). The standard InChI is InChI=1S/2C7H15.2H2O.Ti/c2*1-4-5-6-7(2)3;;;/h2*7H,1,4-6H2,2-3H3;2*1H2;/q2*-1;;;+2. The summed E-state index contributed by atoms with van der Waals surface area (Å²) < 4.78 is 0. The fraction of sp³-hybridized carbons (Fsp3) is 0.857. The van der Waals surface area contributed by atoms with Crippen molar-refractivity contribution in [1.29, 1.82) is 0 Å². The summed E-state index contributed by atoms with van der Waals surface area (Å²) in [5.41, 5.74) is 0. The zero-order chi connectivity index (χ0) is 11.4. The molecule has 106 valence electrons. The van der Waals surface area contributed by atoms with Gasteiger partial charge in [-0.2, -0.15) is 12.8 Å². The molecule has 0 bridgehead atoms. The number of unbranched alkanes of at least 4 members (excludes halogenated alkanes) is 2. The largest absolute Gasteiger partial charge is 2.00 e. The molecule has 4 N–H and O–H groups in total. The molecule has 0 unspecified atom stereocenters. The molecule has 0 aliphatic heterocycles. The second-order valence-electron chi connectivity index (χ2n) is 4.78. The second kappa shape index (κ2) is 25.5. The Morgan fingerprint density at radius 3 is 1.00 bits per heavy atom. The van der Waals surface area contributed by atoms with Crippen molar-refractivity contribution in [2.45, 2.75) is 66.2 Å². The van der Waals surface area contributed by atoms with Crippen LogP contribution in [-0.4, -0.2) is 11.0 Å². The fourth-order valence-electron chi connectivity index (χ4n) is 1.11. The van der Waals surface area contributed by atoms with Gasteiger partial charge in [0.2, 0.25) is 0 Å². The van der Waals surface area contributed by atoms with Gasteiger partial charge in [0.25, 0.3) is 0 Å². The van der Waals surface area contributed by atoms with Gasteiger partial charge in [-0.05, 0) is 11.8 Å². The van der Waals surface area contributed by atoms with Crippen LogP contribution in [0.3, 0.4) is 0 Å². The van der Waals surface area contributed by atoms with Crippen LogP contribution in [0.1, 0.15) is 66.2 Å². The van der Waals surface area contributed by atoms with Gasteiger partial charge in [-0.15, -0.1) is 0 Å². The smallest absolute Gasteiger partial charge is 0.412 e. The van der Waals surface area contributed by atoms with Crippen molar-refractivity contribution in [3.63, 3.8) is 0 Å². The van der Waals surface area contributed by atoms with Crippen LogP contribution in [-0.2, 0) is 21.7 Å². The van der Waals surface area contributed by atoms with Gasteiger partial charge in [0.1, 0.15) is 0 Å². The molecule has 0 saturated carbocycles. The summed E-state index contributed by atoms with van der Waals surface area (Å²) in [6.45, 7) is 16.5. The quantitative estimate of drug-likeness (QED) is 0.527. The van der Waals surface area contributed by atoms with Gasteiger partial charge in [0.05, 0.1) is 0 Å². The molecule has 2 nitrogen and oxygen atoms in total. The van der Waals surface area contributed by atoms with Crippen LogP contribution in [0, 0.1) is 25.7 Å². The SMILES string of the molecule is O.O.[CH2-]CCCC(C)C.[CH2-]CCCC(C)C.[Ti+2]. The zero-order valence-corrected chi connectivity index (χ0v) is 13.9. The Balaban J connectivity index is -0.0000000480. The van der Waals surface area contributed by atoms with E-state index in [0.717, 1.165) is 24.7 Å². The Hall–Kier alpha value is 0.634. The Kier molecular flexibility index (Phi) is 45.8. The van der Waals surface area contributed by atoms with E-state index in [2.05, 4.69) is 41.5 Å². The molecule has 0 amide bonds. The summed E-state index contributed by atoms with van der Waals surface area (Å²) in [7, 11) is 0. The average Bonchev–Trinajstić information content (AvgIpc) is 2.12. The normalized spacial score (nSPS) is 8.47. The summed E-state index contributed by atoms with van der Waals surface area (Å²) in [5, 5.41) is 0. The van der Waals surface area contributed by atoms with Gasteiger partial charge in [0, 0.05) is 0 Å². The van der Waals surface area contributed by atoms with Gasteiger partial charge >= 0.3 is 21.7 Å². The van der Waals surface area contributed by atoms with Gasteiger partial charge < -0.3 is 24.8 Å². The number of rotatable bonds is 6. The molecule has 0 aliphatic rings. The van der Waals surface area contributed by atoms with Crippen molar-refractivity contribution in [3.8, 4) is 0 Å². The van der Waals surface area contributed by atoms with Crippen LogP contribution in [0.25, 0.3) is 0 Å². The predicted molar refractivity (Wildman–Crippen MR) is 75.3 cm³/mol. The summed E-state index contributed by atoms with van der Waals surface area (Å²) in [6.07, 6.45) is 7.44. The third-order valence-electron chi connectivity index (χ3n) is 2.06. The molecule has 0 atom stereocenters. The Bertz CT molecular complexity index is 84.2. The van der Waals surface area contributed by atoms with E-state index in [0.29, 0.717) is 0 Å². The molecule has 0 aromatic carbocycles. The van der Waals surface area contributed by atoms with E-state index in [1.54, 1.807) is 0 Å². The molecule has 0 aromatic heterocycles. The summed E-state index contributed by atoms with van der Waals surface area (Å²) in [6, 6.07) is 0. The van der Waals surface area contributed by atoms with Crippen LogP contribution in [0.5, 0.6) is 0 Å². The number of hydrogen-bond acceptors (Lipinski definition) is 0.